The number of hydrogen-bond donors (Lipinski definition) is 0. The van der Waals surface area contributed by atoms with Crippen molar-refractivity contribution in [2.24, 2.45) is 0 Å². The van der Waals surface area contributed by atoms with Crippen LogP contribution >= 0.6 is 0 Å². The number of benzene rings is 3. The highest BCUT2D eigenvalue weighted by molar-refractivity contribution is 5.33. The van der Waals surface area contributed by atoms with Gasteiger partial charge >= 0.3 is 0 Å². The monoisotopic (exact) mass is 419 g/mol. The van der Waals surface area contributed by atoms with Crippen LogP contribution in [0, 0.1) is 5.82 Å². The van der Waals surface area contributed by atoms with Crippen molar-refractivity contribution < 1.29 is 13.9 Å². The van der Waals surface area contributed by atoms with E-state index in [0.29, 0.717) is 6.61 Å². The van der Waals surface area contributed by atoms with E-state index in [4.69, 9.17) is 9.47 Å². The Morgan fingerprint density at radius 1 is 0.903 bits per heavy atom. The fourth-order valence-electron chi connectivity index (χ4n) is 3.99. The van der Waals surface area contributed by atoms with Gasteiger partial charge in [-0.3, -0.25) is 4.90 Å². The Kier molecular flexibility index (Phi) is 6.28. The standard InChI is InChI=1S/C27H30FNO2/c1-27(2,3)31-26-13-11-25(12-14-26)30-19-24-16-22-15-23(28)10-9-21(22)18-29(24)17-20-7-5-4-6-8-20/h4-15,24H,16-19H2,1-3H3/t24-/m0/s1. The van der Waals surface area contributed by atoms with Gasteiger partial charge in [0.15, 0.2) is 0 Å². The fourth-order valence-corrected chi connectivity index (χ4v) is 3.99. The predicted octanol–water partition coefficient (Wildman–Crippen LogP) is 6.01. The number of fused-ring (bicyclic) bond motifs is 1. The molecule has 0 radical (unpaired) electrons. The van der Waals surface area contributed by atoms with Crippen LogP contribution in [0.4, 0.5) is 4.39 Å². The summed E-state index contributed by atoms with van der Waals surface area (Å²) in [5.74, 6) is 1.46. The molecule has 0 saturated carbocycles. The van der Waals surface area contributed by atoms with Crippen LogP contribution in [0.25, 0.3) is 0 Å². The molecule has 0 aliphatic carbocycles. The molecule has 0 saturated heterocycles. The van der Waals surface area contributed by atoms with E-state index < -0.39 is 0 Å². The summed E-state index contributed by atoms with van der Waals surface area (Å²) in [5, 5.41) is 0. The molecule has 0 bridgehead atoms. The molecule has 0 spiro atoms. The molecule has 1 atom stereocenters. The van der Waals surface area contributed by atoms with Crippen molar-refractivity contribution in [3.05, 3.63) is 95.3 Å². The molecule has 0 amide bonds. The molecule has 4 heteroatoms. The van der Waals surface area contributed by atoms with Gasteiger partial charge in [-0.15, -0.1) is 0 Å². The van der Waals surface area contributed by atoms with E-state index in [1.165, 1.54) is 11.1 Å². The summed E-state index contributed by atoms with van der Waals surface area (Å²) in [7, 11) is 0. The highest BCUT2D eigenvalue weighted by Gasteiger charge is 2.27. The van der Waals surface area contributed by atoms with Gasteiger partial charge in [-0.2, -0.15) is 0 Å². The minimum Gasteiger partial charge on any atom is -0.492 e. The van der Waals surface area contributed by atoms with Crippen molar-refractivity contribution in [3.8, 4) is 11.5 Å². The van der Waals surface area contributed by atoms with Crippen LogP contribution < -0.4 is 9.47 Å². The summed E-state index contributed by atoms with van der Waals surface area (Å²) in [6.45, 7) is 8.26. The maximum Gasteiger partial charge on any atom is 0.123 e. The topological polar surface area (TPSA) is 21.7 Å². The Balaban J connectivity index is 1.47. The Hall–Kier alpha value is -2.85. The predicted molar refractivity (Wildman–Crippen MR) is 122 cm³/mol. The van der Waals surface area contributed by atoms with Crippen LogP contribution in [0.15, 0.2) is 72.8 Å². The third kappa shape index (κ3) is 5.86. The van der Waals surface area contributed by atoms with E-state index in [9.17, 15) is 4.39 Å². The summed E-state index contributed by atoms with van der Waals surface area (Å²) in [4.78, 5) is 2.42. The first-order chi connectivity index (χ1) is 14.9. The quantitative estimate of drug-likeness (QED) is 0.488. The lowest BCUT2D eigenvalue weighted by Gasteiger charge is -2.37. The van der Waals surface area contributed by atoms with Crippen LogP contribution in [0.3, 0.4) is 0 Å². The third-order valence-corrected chi connectivity index (χ3v) is 5.43. The van der Waals surface area contributed by atoms with Crippen LogP contribution in [0.1, 0.15) is 37.5 Å². The zero-order chi connectivity index (χ0) is 21.8. The molecule has 3 aromatic rings. The van der Waals surface area contributed by atoms with Crippen LogP contribution in [-0.4, -0.2) is 23.1 Å². The Labute approximate surface area is 184 Å². The number of halogens is 1. The van der Waals surface area contributed by atoms with Gasteiger partial charge in [-0.05, 0) is 80.3 Å². The van der Waals surface area contributed by atoms with Gasteiger partial charge < -0.3 is 9.47 Å². The maximum atomic E-state index is 13.8. The zero-order valence-electron chi connectivity index (χ0n) is 18.5. The second kappa shape index (κ2) is 9.11. The first-order valence-electron chi connectivity index (χ1n) is 10.8. The van der Waals surface area contributed by atoms with Crippen molar-refractivity contribution >= 4 is 0 Å². The van der Waals surface area contributed by atoms with Crippen molar-refractivity contribution in [2.45, 2.75) is 51.9 Å². The molecule has 0 aromatic heterocycles. The maximum absolute atomic E-state index is 13.8. The second-order valence-corrected chi connectivity index (χ2v) is 9.16. The van der Waals surface area contributed by atoms with E-state index in [0.717, 1.165) is 36.6 Å². The van der Waals surface area contributed by atoms with Crippen LogP contribution in [-0.2, 0) is 19.5 Å². The molecule has 3 nitrogen and oxygen atoms in total. The van der Waals surface area contributed by atoms with Crippen molar-refractivity contribution in [2.75, 3.05) is 6.61 Å². The van der Waals surface area contributed by atoms with Gasteiger partial charge in [0.25, 0.3) is 0 Å². The first-order valence-corrected chi connectivity index (χ1v) is 10.8. The summed E-state index contributed by atoms with van der Waals surface area (Å²) < 4.78 is 25.9. The Morgan fingerprint density at radius 3 is 2.32 bits per heavy atom. The van der Waals surface area contributed by atoms with E-state index >= 15 is 0 Å². The Morgan fingerprint density at radius 2 is 1.61 bits per heavy atom. The Bertz CT molecular complexity index is 996. The molecule has 0 unspecified atom stereocenters. The van der Waals surface area contributed by atoms with E-state index in [1.54, 1.807) is 12.1 Å². The molecule has 0 N–H and O–H groups in total. The second-order valence-electron chi connectivity index (χ2n) is 9.16. The molecular weight excluding hydrogens is 389 g/mol. The first kappa shape index (κ1) is 21.4. The third-order valence-electron chi connectivity index (χ3n) is 5.43. The molecule has 3 aromatic carbocycles. The lowest BCUT2D eigenvalue weighted by Crippen LogP contribution is -2.43. The largest absolute Gasteiger partial charge is 0.492 e. The average Bonchev–Trinajstić information content (AvgIpc) is 2.73. The van der Waals surface area contributed by atoms with Crippen LogP contribution in [0.5, 0.6) is 11.5 Å². The van der Waals surface area contributed by atoms with Crippen molar-refractivity contribution in [1.29, 1.82) is 0 Å². The molecule has 1 aliphatic rings. The number of rotatable bonds is 6. The lowest BCUT2D eigenvalue weighted by atomic mass is 9.93. The van der Waals surface area contributed by atoms with Gasteiger partial charge in [0, 0.05) is 19.1 Å². The van der Waals surface area contributed by atoms with Gasteiger partial charge in [0.1, 0.15) is 29.5 Å². The smallest absolute Gasteiger partial charge is 0.123 e. The van der Waals surface area contributed by atoms with Crippen molar-refractivity contribution in [3.63, 3.8) is 0 Å². The number of hydrogen-bond acceptors (Lipinski definition) is 3. The van der Waals surface area contributed by atoms with Gasteiger partial charge in [0.2, 0.25) is 0 Å². The SMILES string of the molecule is CC(C)(C)Oc1ccc(OC[C@@H]2Cc3cc(F)ccc3CN2Cc2ccccc2)cc1. The van der Waals surface area contributed by atoms with E-state index in [-0.39, 0.29) is 17.5 Å². The lowest BCUT2D eigenvalue weighted by molar-refractivity contribution is 0.109. The highest BCUT2D eigenvalue weighted by Crippen LogP contribution is 2.27. The van der Waals surface area contributed by atoms with Gasteiger partial charge in [0.05, 0.1) is 0 Å². The minimum atomic E-state index is -0.231. The highest BCUT2D eigenvalue weighted by atomic mass is 19.1. The molecule has 1 aliphatic heterocycles. The van der Waals surface area contributed by atoms with Crippen LogP contribution in [0.2, 0.25) is 0 Å². The van der Waals surface area contributed by atoms with Gasteiger partial charge in [-0.1, -0.05) is 36.4 Å². The molecule has 1 heterocycles. The number of nitrogens with zero attached hydrogens (tertiary/aromatic N) is 1. The fraction of sp³-hybridized carbons (Fsp3) is 0.333. The molecule has 0 fully saturated rings. The zero-order valence-corrected chi connectivity index (χ0v) is 18.5. The molecular formula is C27H30FNO2. The minimum absolute atomic E-state index is 0.167. The summed E-state index contributed by atoms with van der Waals surface area (Å²) in [6, 6.07) is 23.5. The van der Waals surface area contributed by atoms with Crippen molar-refractivity contribution in [1.82, 2.24) is 4.90 Å². The summed E-state index contributed by atoms with van der Waals surface area (Å²) >= 11 is 0. The average molecular weight is 420 g/mol. The molecule has 4 rings (SSSR count). The molecule has 162 valence electrons. The summed E-state index contributed by atoms with van der Waals surface area (Å²) in [6.07, 6.45) is 0.769. The normalized spacial score (nSPS) is 16.6. The summed E-state index contributed by atoms with van der Waals surface area (Å²) in [5.41, 5.74) is 3.30. The van der Waals surface area contributed by atoms with E-state index in [2.05, 4.69) is 29.2 Å². The van der Waals surface area contributed by atoms with E-state index in [1.807, 2.05) is 57.2 Å². The molecule has 31 heavy (non-hydrogen) atoms. The number of ether oxygens (including phenoxy) is 2. The van der Waals surface area contributed by atoms with Gasteiger partial charge in [-0.25, -0.2) is 4.39 Å².